The second-order valence-electron chi connectivity index (χ2n) is 2.94. The third kappa shape index (κ3) is 2.93. The molecule has 0 saturated heterocycles. The van der Waals surface area contributed by atoms with E-state index < -0.39 is 0 Å². The zero-order chi connectivity index (χ0) is 8.93. The summed E-state index contributed by atoms with van der Waals surface area (Å²) in [5.41, 5.74) is 0. The zero-order valence-electron chi connectivity index (χ0n) is 7.52. The predicted octanol–water partition coefficient (Wildman–Crippen LogP) is 2.90. The van der Waals surface area contributed by atoms with Crippen molar-refractivity contribution in [2.45, 2.75) is 12.8 Å². The Bertz CT molecular complexity index is 270. The molecule has 2 atom stereocenters. The number of hydrogen-bond acceptors (Lipinski definition) is 1. The highest BCUT2D eigenvalue weighted by Gasteiger charge is 2.03. The third-order valence-electron chi connectivity index (χ3n) is 1.88. The Kier molecular flexibility index (Phi) is 3.58. The Morgan fingerprint density at radius 1 is 0.846 bits per heavy atom. The van der Waals surface area contributed by atoms with Crippen molar-refractivity contribution < 1.29 is 3.63 Å². The first kappa shape index (κ1) is 9.44. The van der Waals surface area contributed by atoms with Crippen LogP contribution in [0.15, 0.2) is 24.3 Å². The molecule has 0 aromatic rings. The van der Waals surface area contributed by atoms with Crippen molar-refractivity contribution in [1.82, 2.24) is 0 Å². The van der Waals surface area contributed by atoms with Gasteiger partial charge in [0, 0.05) is 11.5 Å². The van der Waals surface area contributed by atoms with Crippen LogP contribution in [0, 0.1) is 0 Å². The summed E-state index contributed by atoms with van der Waals surface area (Å²) in [5.74, 6) is 2.36. The van der Waals surface area contributed by atoms with E-state index in [-0.39, 0.29) is 21.5 Å². The van der Waals surface area contributed by atoms with Crippen LogP contribution in [0.4, 0.5) is 0 Å². The van der Waals surface area contributed by atoms with E-state index in [2.05, 4.69) is 35.0 Å². The Balaban J connectivity index is 1.96. The summed E-state index contributed by atoms with van der Waals surface area (Å²) in [6.07, 6.45) is 11.0. The van der Waals surface area contributed by atoms with Gasteiger partial charge >= 0.3 is 0 Å². The van der Waals surface area contributed by atoms with Gasteiger partial charge in [0.1, 0.15) is 0 Å². The summed E-state index contributed by atoms with van der Waals surface area (Å²) in [5, 5.41) is 4.39. The predicted molar refractivity (Wildman–Crippen MR) is 65.6 cm³/mol. The second-order valence-corrected chi connectivity index (χ2v) is 6.37. The largest absolute Gasteiger partial charge is 0.262 e. The van der Waals surface area contributed by atoms with Crippen molar-refractivity contribution in [3.8, 4) is 0 Å². The highest BCUT2D eigenvalue weighted by molar-refractivity contribution is 8.23. The summed E-state index contributed by atoms with van der Waals surface area (Å²) in [6.45, 7) is 0. The van der Waals surface area contributed by atoms with Crippen molar-refractivity contribution in [2.24, 2.45) is 0 Å². The number of hydrogen-bond donors (Lipinski definition) is 0. The van der Waals surface area contributed by atoms with Crippen LogP contribution >= 0.6 is 21.5 Å². The average molecular weight is 214 g/mol. The molecule has 0 aromatic heterocycles. The van der Waals surface area contributed by atoms with Gasteiger partial charge < -0.3 is 0 Å². The molecular formula is C10H14OS2. The molecule has 0 spiro atoms. The fourth-order valence-electron chi connectivity index (χ4n) is 1.21. The monoisotopic (exact) mass is 214 g/mol. The summed E-state index contributed by atoms with van der Waals surface area (Å²) in [4.78, 5) is 0. The molecule has 0 radical (unpaired) electrons. The molecule has 0 saturated carbocycles. The van der Waals surface area contributed by atoms with E-state index in [1.54, 1.807) is 0 Å². The lowest BCUT2D eigenvalue weighted by molar-refractivity contribution is 0.747. The van der Waals surface area contributed by atoms with Crippen molar-refractivity contribution in [1.29, 1.82) is 0 Å². The molecule has 0 N–H and O–H groups in total. The van der Waals surface area contributed by atoms with Gasteiger partial charge in [0.15, 0.2) is 0 Å². The van der Waals surface area contributed by atoms with Crippen molar-refractivity contribution in [3.05, 3.63) is 24.3 Å². The van der Waals surface area contributed by atoms with Gasteiger partial charge in [0.05, 0.1) is 0 Å². The Morgan fingerprint density at radius 3 is 1.77 bits per heavy atom. The van der Waals surface area contributed by atoms with Gasteiger partial charge in [-0.2, -0.15) is 0 Å². The molecular weight excluding hydrogens is 200 g/mol. The lowest BCUT2D eigenvalue weighted by atomic mass is 10.4. The van der Waals surface area contributed by atoms with Crippen LogP contribution in [0.1, 0.15) is 12.8 Å². The van der Waals surface area contributed by atoms with Crippen molar-refractivity contribution in [2.75, 3.05) is 11.5 Å². The minimum atomic E-state index is 0.0932. The smallest absolute Gasteiger partial charge is 0.0171 e. The first-order valence-corrected chi connectivity index (χ1v) is 7.30. The molecule has 0 aliphatic carbocycles. The van der Waals surface area contributed by atoms with Crippen LogP contribution in [0.5, 0.6) is 0 Å². The van der Waals surface area contributed by atoms with E-state index in [1.165, 1.54) is 24.3 Å². The summed E-state index contributed by atoms with van der Waals surface area (Å²) >= 11 is 0. The van der Waals surface area contributed by atoms with E-state index in [4.69, 9.17) is 3.63 Å². The molecule has 2 aliphatic rings. The normalized spacial score (nSPS) is 32.3. The minimum Gasteiger partial charge on any atom is -0.262 e. The van der Waals surface area contributed by atoms with E-state index in [9.17, 15) is 0 Å². The van der Waals surface area contributed by atoms with Crippen LogP contribution in [-0.4, -0.2) is 22.2 Å². The molecule has 2 heterocycles. The molecule has 0 amide bonds. The molecule has 2 aliphatic heterocycles. The molecule has 0 aromatic carbocycles. The zero-order valence-corrected chi connectivity index (χ0v) is 9.15. The number of rotatable bonds is 2. The average Bonchev–Trinajstić information content (AvgIpc) is 2.21. The maximum absolute atomic E-state index is 5.97. The minimum absolute atomic E-state index is 0.0932. The van der Waals surface area contributed by atoms with Crippen LogP contribution in [0.25, 0.3) is 0 Å². The van der Waals surface area contributed by atoms with E-state index in [0.717, 1.165) is 0 Å². The van der Waals surface area contributed by atoms with Gasteiger partial charge in [0.2, 0.25) is 0 Å². The Morgan fingerprint density at radius 2 is 1.38 bits per heavy atom. The van der Waals surface area contributed by atoms with Crippen molar-refractivity contribution >= 4 is 32.3 Å². The van der Waals surface area contributed by atoms with E-state index >= 15 is 0 Å². The molecule has 1 nitrogen and oxygen atoms in total. The highest BCUT2D eigenvalue weighted by Crippen LogP contribution is 2.31. The summed E-state index contributed by atoms with van der Waals surface area (Å²) in [7, 11) is 0.186. The fraction of sp³-hybridized carbons (Fsp3) is 0.400. The van der Waals surface area contributed by atoms with Gasteiger partial charge in [0.25, 0.3) is 0 Å². The third-order valence-corrected chi connectivity index (χ3v) is 5.47. The van der Waals surface area contributed by atoms with Crippen LogP contribution < -0.4 is 0 Å². The molecule has 0 bridgehead atoms. The Hall–Kier alpha value is -0.120. The van der Waals surface area contributed by atoms with Crippen LogP contribution in [0.3, 0.4) is 0 Å². The van der Waals surface area contributed by atoms with Crippen LogP contribution in [0.2, 0.25) is 0 Å². The van der Waals surface area contributed by atoms with E-state index in [1.807, 2.05) is 0 Å². The van der Waals surface area contributed by atoms with Gasteiger partial charge in [-0.05, 0) is 45.1 Å². The molecule has 0 fully saturated rings. The SMILES string of the molecule is C1=CCCS(OS2=CC=CCC2)=C1. The van der Waals surface area contributed by atoms with Gasteiger partial charge in [-0.1, -0.05) is 24.3 Å². The highest BCUT2D eigenvalue weighted by atomic mass is 32.3. The quantitative estimate of drug-likeness (QED) is 0.642. The molecule has 2 rings (SSSR count). The van der Waals surface area contributed by atoms with Crippen molar-refractivity contribution in [3.63, 3.8) is 0 Å². The fourth-order valence-corrected chi connectivity index (χ4v) is 4.60. The van der Waals surface area contributed by atoms with Gasteiger partial charge in [-0.15, -0.1) is 0 Å². The molecule has 3 heteroatoms. The maximum Gasteiger partial charge on any atom is 0.0171 e. The summed E-state index contributed by atoms with van der Waals surface area (Å²) < 4.78 is 5.97. The molecule has 13 heavy (non-hydrogen) atoms. The van der Waals surface area contributed by atoms with E-state index in [0.29, 0.717) is 0 Å². The Labute approximate surface area is 84.8 Å². The lowest BCUT2D eigenvalue weighted by Gasteiger charge is -2.15. The first-order valence-electron chi connectivity index (χ1n) is 4.53. The van der Waals surface area contributed by atoms with Gasteiger partial charge in [-0.3, -0.25) is 3.63 Å². The second kappa shape index (κ2) is 4.94. The molecule has 72 valence electrons. The van der Waals surface area contributed by atoms with Crippen LogP contribution in [-0.2, 0) is 3.63 Å². The number of allylic oxidation sites excluding steroid dienone is 4. The topological polar surface area (TPSA) is 9.23 Å². The molecule has 2 unspecified atom stereocenters. The first-order chi connectivity index (χ1) is 6.45. The van der Waals surface area contributed by atoms with Gasteiger partial charge in [-0.25, -0.2) is 0 Å². The maximum atomic E-state index is 5.97. The lowest BCUT2D eigenvalue weighted by Crippen LogP contribution is -1.94. The standard InChI is InChI=1S/C10H14OS2/c1-3-7-12(8-4-1)11-13-9-5-2-6-10-13/h1-3,5,7,9H,4,6,8,10H2. The summed E-state index contributed by atoms with van der Waals surface area (Å²) in [6, 6.07) is 0.